The topological polar surface area (TPSA) is 41.7 Å². The van der Waals surface area contributed by atoms with E-state index in [2.05, 4.69) is 155 Å². The summed E-state index contributed by atoms with van der Waals surface area (Å²) in [5.41, 5.74) is 8.96. The van der Waals surface area contributed by atoms with Gasteiger partial charge in [-0.3, -0.25) is 0 Å². The summed E-state index contributed by atoms with van der Waals surface area (Å²) in [6.45, 7) is 0. The fourth-order valence-electron chi connectivity index (χ4n) is 7.30. The number of thiophene rings is 1. The summed E-state index contributed by atoms with van der Waals surface area (Å²) in [5, 5.41) is 8.66. The smallest absolute Gasteiger partial charge is 0.159 e. The summed E-state index contributed by atoms with van der Waals surface area (Å²) in [7, 11) is 0. The van der Waals surface area contributed by atoms with Gasteiger partial charge in [-0.05, 0) is 47.0 Å². The van der Waals surface area contributed by atoms with Crippen molar-refractivity contribution in [2.45, 2.75) is 6.17 Å². The molecule has 1 N–H and O–H groups in total. The van der Waals surface area contributed by atoms with Crippen molar-refractivity contribution in [3.05, 3.63) is 187 Å². The third kappa shape index (κ3) is 4.74. The van der Waals surface area contributed by atoms with Gasteiger partial charge in [-0.25, -0.2) is 9.98 Å². The minimum absolute atomic E-state index is 0.255. The van der Waals surface area contributed by atoms with E-state index >= 15 is 0 Å². The average Bonchev–Trinajstić information content (AvgIpc) is 3.74. The number of nitrogens with zero attached hydrogens (tertiary/aromatic N) is 3. The number of aliphatic imine (C=N–C) groups is 2. The molecule has 2 aromatic heterocycles. The Labute approximate surface area is 293 Å². The van der Waals surface area contributed by atoms with E-state index in [4.69, 9.17) is 9.98 Å². The lowest BCUT2D eigenvalue weighted by molar-refractivity contribution is 0.674. The molecule has 0 saturated carbocycles. The molecule has 0 spiro atoms. The van der Waals surface area contributed by atoms with Gasteiger partial charge in [0.05, 0.1) is 11.0 Å². The zero-order valence-corrected chi connectivity index (χ0v) is 27.8. The molecule has 50 heavy (non-hydrogen) atoms. The van der Waals surface area contributed by atoms with Crippen molar-refractivity contribution in [3.8, 4) is 16.8 Å². The molecule has 10 rings (SSSR count). The standard InChI is InChI=1S/C45H30N4S/c1-3-13-29(14-4-1)43-46-44(30-15-5-2-6-16-30)48-45(47-43)32-17-11-18-33(27-32)49-39-23-9-7-19-35(39)36-26-25-31(28-40(36)49)34-21-12-22-38-37-20-8-10-24-41(37)50-42(34)38/h1-28,43H,(H,46,47,48). The zero-order chi connectivity index (χ0) is 33.0. The maximum absolute atomic E-state index is 5.16. The Balaban J connectivity index is 1.15. The number of amidine groups is 2. The van der Waals surface area contributed by atoms with Gasteiger partial charge in [0.15, 0.2) is 5.84 Å². The zero-order valence-electron chi connectivity index (χ0n) is 27.0. The van der Waals surface area contributed by atoms with Crippen LogP contribution in [0, 0.1) is 0 Å². The molecule has 0 amide bonds. The number of hydrogen-bond acceptors (Lipinski definition) is 4. The van der Waals surface area contributed by atoms with Crippen LogP contribution in [0.25, 0.3) is 58.8 Å². The second-order valence-electron chi connectivity index (χ2n) is 12.7. The van der Waals surface area contributed by atoms with E-state index in [0.29, 0.717) is 5.84 Å². The van der Waals surface area contributed by atoms with E-state index < -0.39 is 0 Å². The molecule has 1 aliphatic heterocycles. The number of nitrogens with one attached hydrogen (secondary N) is 1. The summed E-state index contributed by atoms with van der Waals surface area (Å²) in [6.07, 6.45) is -0.255. The third-order valence-corrected chi connectivity index (χ3v) is 10.9. The Kier molecular flexibility index (Phi) is 6.71. The Morgan fingerprint density at radius 1 is 0.520 bits per heavy atom. The highest BCUT2D eigenvalue weighted by molar-refractivity contribution is 7.26. The normalized spacial score (nSPS) is 14.6. The van der Waals surface area contributed by atoms with Gasteiger partial charge in [0.2, 0.25) is 0 Å². The number of rotatable bonds is 5. The maximum atomic E-state index is 5.16. The molecule has 4 nitrogen and oxygen atoms in total. The highest BCUT2D eigenvalue weighted by atomic mass is 32.1. The van der Waals surface area contributed by atoms with Crippen LogP contribution in [-0.2, 0) is 0 Å². The Bertz CT molecular complexity index is 2790. The molecule has 1 aliphatic rings. The Morgan fingerprint density at radius 2 is 1.22 bits per heavy atom. The van der Waals surface area contributed by atoms with E-state index in [9.17, 15) is 0 Å². The fourth-order valence-corrected chi connectivity index (χ4v) is 8.54. The molecule has 0 bridgehead atoms. The lowest BCUT2D eigenvalue weighted by Crippen LogP contribution is -2.33. The Morgan fingerprint density at radius 3 is 2.10 bits per heavy atom. The second-order valence-corrected chi connectivity index (χ2v) is 13.7. The SMILES string of the molecule is c1ccc(C2=NC(c3cccc(-n4c5ccccc5c5ccc(-c6cccc7c6sc6ccccc67)cc54)c3)=NC(c3ccccc3)N2)cc1. The van der Waals surface area contributed by atoms with Gasteiger partial charge >= 0.3 is 0 Å². The van der Waals surface area contributed by atoms with Crippen LogP contribution in [0.3, 0.4) is 0 Å². The first-order valence-corrected chi connectivity index (χ1v) is 17.7. The molecule has 9 aromatic rings. The first-order valence-electron chi connectivity index (χ1n) is 16.9. The van der Waals surface area contributed by atoms with Gasteiger partial charge in [-0.2, -0.15) is 0 Å². The molecule has 0 saturated heterocycles. The molecular formula is C45H30N4S. The molecule has 0 radical (unpaired) electrons. The van der Waals surface area contributed by atoms with Gasteiger partial charge < -0.3 is 9.88 Å². The van der Waals surface area contributed by atoms with Crippen LogP contribution in [0.5, 0.6) is 0 Å². The van der Waals surface area contributed by atoms with Crippen molar-refractivity contribution in [2.24, 2.45) is 9.98 Å². The van der Waals surface area contributed by atoms with Gasteiger partial charge in [0.1, 0.15) is 12.0 Å². The van der Waals surface area contributed by atoms with Gasteiger partial charge in [0, 0.05) is 47.8 Å². The second kappa shape index (κ2) is 11.7. The largest absolute Gasteiger partial charge is 0.344 e. The van der Waals surface area contributed by atoms with Crippen molar-refractivity contribution in [2.75, 3.05) is 0 Å². The minimum atomic E-state index is -0.255. The van der Waals surface area contributed by atoms with E-state index in [1.807, 2.05) is 35.6 Å². The molecule has 1 atom stereocenters. The van der Waals surface area contributed by atoms with Crippen molar-refractivity contribution >= 4 is 65.0 Å². The van der Waals surface area contributed by atoms with E-state index in [0.717, 1.165) is 28.2 Å². The van der Waals surface area contributed by atoms with Crippen LogP contribution in [0.4, 0.5) is 0 Å². The maximum Gasteiger partial charge on any atom is 0.159 e. The number of fused-ring (bicyclic) bond motifs is 6. The summed E-state index contributed by atoms with van der Waals surface area (Å²) in [6, 6.07) is 60.3. The molecule has 0 fully saturated rings. The minimum Gasteiger partial charge on any atom is -0.344 e. The van der Waals surface area contributed by atoms with Crippen molar-refractivity contribution < 1.29 is 0 Å². The van der Waals surface area contributed by atoms with Crippen LogP contribution in [0.2, 0.25) is 0 Å². The highest BCUT2D eigenvalue weighted by Crippen LogP contribution is 2.41. The molecular weight excluding hydrogens is 629 g/mol. The molecule has 3 heterocycles. The summed E-state index contributed by atoms with van der Waals surface area (Å²) < 4.78 is 5.03. The van der Waals surface area contributed by atoms with E-state index in [1.165, 1.54) is 53.1 Å². The molecule has 0 aliphatic carbocycles. The molecule has 1 unspecified atom stereocenters. The quantitative estimate of drug-likeness (QED) is 0.196. The summed E-state index contributed by atoms with van der Waals surface area (Å²) >= 11 is 1.87. The van der Waals surface area contributed by atoms with Crippen LogP contribution in [0.1, 0.15) is 22.9 Å². The number of aromatic nitrogens is 1. The monoisotopic (exact) mass is 658 g/mol. The van der Waals surface area contributed by atoms with Crippen molar-refractivity contribution in [3.63, 3.8) is 0 Å². The fraction of sp³-hybridized carbons (Fsp3) is 0.0222. The Hall–Kier alpha value is -6.30. The number of para-hydroxylation sites is 1. The van der Waals surface area contributed by atoms with Crippen LogP contribution < -0.4 is 5.32 Å². The predicted molar refractivity (Wildman–Crippen MR) is 211 cm³/mol. The van der Waals surface area contributed by atoms with E-state index in [-0.39, 0.29) is 6.17 Å². The van der Waals surface area contributed by atoms with Crippen LogP contribution in [-0.4, -0.2) is 16.2 Å². The highest BCUT2D eigenvalue weighted by Gasteiger charge is 2.22. The van der Waals surface area contributed by atoms with Gasteiger partial charge in [-0.1, -0.05) is 140 Å². The lowest BCUT2D eigenvalue weighted by Gasteiger charge is -2.23. The molecule has 7 aromatic carbocycles. The van der Waals surface area contributed by atoms with Crippen molar-refractivity contribution in [1.29, 1.82) is 0 Å². The van der Waals surface area contributed by atoms with Gasteiger partial charge in [0.25, 0.3) is 0 Å². The van der Waals surface area contributed by atoms with Crippen molar-refractivity contribution in [1.82, 2.24) is 9.88 Å². The van der Waals surface area contributed by atoms with Crippen LogP contribution >= 0.6 is 11.3 Å². The summed E-state index contributed by atoms with van der Waals surface area (Å²) in [4.78, 5) is 10.2. The van der Waals surface area contributed by atoms with Gasteiger partial charge in [-0.15, -0.1) is 11.3 Å². The predicted octanol–water partition coefficient (Wildman–Crippen LogP) is 11.3. The van der Waals surface area contributed by atoms with Crippen LogP contribution in [0.15, 0.2) is 180 Å². The third-order valence-electron chi connectivity index (χ3n) is 9.66. The number of hydrogen-bond donors (Lipinski definition) is 1. The molecule has 5 heteroatoms. The first-order chi connectivity index (χ1) is 24.8. The first kappa shape index (κ1) is 28.7. The molecule has 236 valence electrons. The average molecular weight is 659 g/mol. The lowest BCUT2D eigenvalue weighted by atomic mass is 10.0. The number of benzene rings is 7. The summed E-state index contributed by atoms with van der Waals surface area (Å²) in [5.74, 6) is 1.52. The van der Waals surface area contributed by atoms with E-state index in [1.54, 1.807) is 0 Å².